The topological polar surface area (TPSA) is 58.4 Å². The van der Waals surface area contributed by atoms with Crippen LogP contribution in [0.1, 0.15) is 19.2 Å². The van der Waals surface area contributed by atoms with Crippen LogP contribution < -0.4 is 5.32 Å². The molecule has 1 saturated heterocycles. The Morgan fingerprint density at radius 2 is 2.16 bits per heavy atom. The SMILES string of the molecule is CC1CN(C(=O)CCc2ncc(-c3ccccc3Br)o2)CCN1.Cl.Cl. The van der Waals surface area contributed by atoms with Crippen molar-refractivity contribution in [3.05, 3.63) is 40.8 Å². The summed E-state index contributed by atoms with van der Waals surface area (Å²) in [4.78, 5) is 18.5. The Bertz CT molecular complexity index is 696. The van der Waals surface area contributed by atoms with Gasteiger partial charge >= 0.3 is 0 Å². The molecular formula is C17H22BrCl2N3O2. The van der Waals surface area contributed by atoms with Crippen molar-refractivity contribution in [1.82, 2.24) is 15.2 Å². The average molecular weight is 451 g/mol. The number of oxazole rings is 1. The van der Waals surface area contributed by atoms with E-state index in [9.17, 15) is 4.79 Å². The third-order valence-electron chi connectivity index (χ3n) is 3.97. The minimum absolute atomic E-state index is 0. The molecule has 1 aromatic heterocycles. The third kappa shape index (κ3) is 5.71. The van der Waals surface area contributed by atoms with Crippen molar-refractivity contribution in [1.29, 1.82) is 0 Å². The number of piperazine rings is 1. The fraction of sp³-hybridized carbons (Fsp3) is 0.412. The maximum Gasteiger partial charge on any atom is 0.223 e. The Kier molecular flexibility index (Phi) is 8.93. The quantitative estimate of drug-likeness (QED) is 0.771. The van der Waals surface area contributed by atoms with Crippen LogP contribution in [0.3, 0.4) is 0 Å². The van der Waals surface area contributed by atoms with Crippen molar-refractivity contribution in [2.24, 2.45) is 0 Å². The molecular weight excluding hydrogens is 429 g/mol. The summed E-state index contributed by atoms with van der Waals surface area (Å²) in [5.41, 5.74) is 0.966. The Morgan fingerprint density at radius 1 is 1.40 bits per heavy atom. The van der Waals surface area contributed by atoms with Gasteiger partial charge in [-0.2, -0.15) is 0 Å². The summed E-state index contributed by atoms with van der Waals surface area (Å²) in [7, 11) is 0. The van der Waals surface area contributed by atoms with Crippen LogP contribution in [0.4, 0.5) is 0 Å². The molecule has 1 fully saturated rings. The van der Waals surface area contributed by atoms with Crippen LogP contribution in [-0.2, 0) is 11.2 Å². The lowest BCUT2D eigenvalue weighted by Gasteiger charge is -2.31. The summed E-state index contributed by atoms with van der Waals surface area (Å²) in [6.07, 6.45) is 2.68. The van der Waals surface area contributed by atoms with Gasteiger partial charge in [0.05, 0.1) is 6.20 Å². The molecule has 0 saturated carbocycles. The first kappa shape index (κ1) is 22.0. The lowest BCUT2D eigenvalue weighted by atomic mass is 10.2. The van der Waals surface area contributed by atoms with E-state index < -0.39 is 0 Å². The van der Waals surface area contributed by atoms with Crippen molar-refractivity contribution in [3.8, 4) is 11.3 Å². The van der Waals surface area contributed by atoms with Crippen LogP contribution >= 0.6 is 40.7 Å². The number of aromatic nitrogens is 1. The number of carbonyl (C=O) groups excluding carboxylic acids is 1. The van der Waals surface area contributed by atoms with Crippen LogP contribution in [0.5, 0.6) is 0 Å². The van der Waals surface area contributed by atoms with E-state index in [1.54, 1.807) is 6.20 Å². The molecule has 3 rings (SSSR count). The predicted molar refractivity (Wildman–Crippen MR) is 107 cm³/mol. The van der Waals surface area contributed by atoms with Gasteiger partial charge in [-0.25, -0.2) is 4.98 Å². The van der Waals surface area contributed by atoms with Gasteiger partial charge in [0.1, 0.15) is 0 Å². The number of carbonyl (C=O) groups is 1. The molecule has 138 valence electrons. The van der Waals surface area contributed by atoms with E-state index in [0.717, 1.165) is 35.4 Å². The van der Waals surface area contributed by atoms with Gasteiger partial charge in [-0.15, -0.1) is 24.8 Å². The van der Waals surface area contributed by atoms with Crippen molar-refractivity contribution < 1.29 is 9.21 Å². The minimum atomic E-state index is 0. The highest BCUT2D eigenvalue weighted by Gasteiger charge is 2.20. The molecule has 1 N–H and O–H groups in total. The molecule has 25 heavy (non-hydrogen) atoms. The number of hydrogen-bond acceptors (Lipinski definition) is 4. The molecule has 1 unspecified atom stereocenters. The van der Waals surface area contributed by atoms with Gasteiger partial charge in [-0.3, -0.25) is 4.79 Å². The number of amides is 1. The van der Waals surface area contributed by atoms with Crippen molar-refractivity contribution >= 4 is 46.7 Å². The lowest BCUT2D eigenvalue weighted by molar-refractivity contribution is -0.132. The normalized spacial score (nSPS) is 16.7. The van der Waals surface area contributed by atoms with Gasteiger partial charge in [0.2, 0.25) is 5.91 Å². The number of nitrogens with zero attached hydrogens (tertiary/aromatic N) is 2. The first-order chi connectivity index (χ1) is 11.1. The molecule has 8 heteroatoms. The smallest absolute Gasteiger partial charge is 0.223 e. The van der Waals surface area contributed by atoms with Gasteiger partial charge in [-0.1, -0.05) is 34.1 Å². The predicted octanol–water partition coefficient (Wildman–Crippen LogP) is 3.70. The van der Waals surface area contributed by atoms with Gasteiger partial charge in [0, 0.05) is 48.6 Å². The van der Waals surface area contributed by atoms with E-state index in [-0.39, 0.29) is 30.7 Å². The first-order valence-corrected chi connectivity index (χ1v) is 8.63. The van der Waals surface area contributed by atoms with Crippen LogP contribution in [0.25, 0.3) is 11.3 Å². The largest absolute Gasteiger partial charge is 0.441 e. The number of aryl methyl sites for hydroxylation is 1. The number of rotatable bonds is 4. The van der Waals surface area contributed by atoms with Crippen molar-refractivity contribution in [2.45, 2.75) is 25.8 Å². The Hall–Kier alpha value is -1.08. The second kappa shape index (κ2) is 10.2. The highest BCUT2D eigenvalue weighted by molar-refractivity contribution is 9.10. The molecule has 1 aliphatic rings. The van der Waals surface area contributed by atoms with Crippen molar-refractivity contribution in [2.75, 3.05) is 19.6 Å². The van der Waals surface area contributed by atoms with Crippen LogP contribution in [-0.4, -0.2) is 41.5 Å². The Balaban J connectivity index is 0.00000156. The number of benzene rings is 1. The molecule has 5 nitrogen and oxygen atoms in total. The fourth-order valence-electron chi connectivity index (χ4n) is 2.74. The summed E-state index contributed by atoms with van der Waals surface area (Å²) >= 11 is 3.51. The maximum atomic E-state index is 12.3. The summed E-state index contributed by atoms with van der Waals surface area (Å²) in [5, 5.41) is 3.34. The molecule has 1 aliphatic heterocycles. The average Bonchev–Trinajstić information content (AvgIpc) is 3.02. The summed E-state index contributed by atoms with van der Waals surface area (Å²) in [5.74, 6) is 1.49. The summed E-state index contributed by atoms with van der Waals surface area (Å²) in [6.45, 7) is 4.50. The Labute approximate surface area is 168 Å². The standard InChI is InChI=1S/C17H20BrN3O2.2ClH/c1-12-11-21(9-8-19-12)17(22)7-6-16-20-10-15(23-16)13-4-2-3-5-14(13)18;;/h2-5,10,12,19H,6-9,11H2,1H3;2*1H. The molecule has 0 radical (unpaired) electrons. The molecule has 0 aliphatic carbocycles. The minimum Gasteiger partial charge on any atom is -0.441 e. The van der Waals surface area contributed by atoms with E-state index in [0.29, 0.717) is 24.8 Å². The number of hydrogen-bond donors (Lipinski definition) is 1. The van der Waals surface area contributed by atoms with Crippen LogP contribution in [0.15, 0.2) is 39.4 Å². The summed E-state index contributed by atoms with van der Waals surface area (Å²) in [6, 6.07) is 8.21. The van der Waals surface area contributed by atoms with Gasteiger partial charge in [-0.05, 0) is 13.0 Å². The molecule has 2 aromatic rings. The second-order valence-electron chi connectivity index (χ2n) is 5.79. The molecule has 1 atom stereocenters. The summed E-state index contributed by atoms with van der Waals surface area (Å²) < 4.78 is 6.75. The molecule has 1 amide bonds. The van der Waals surface area contributed by atoms with E-state index in [1.807, 2.05) is 29.2 Å². The zero-order valence-corrected chi connectivity index (χ0v) is 17.1. The molecule has 0 spiro atoms. The zero-order chi connectivity index (χ0) is 16.2. The molecule has 2 heterocycles. The maximum absolute atomic E-state index is 12.3. The first-order valence-electron chi connectivity index (χ1n) is 7.84. The molecule has 1 aromatic carbocycles. The highest BCUT2D eigenvalue weighted by atomic mass is 79.9. The van der Waals surface area contributed by atoms with Crippen LogP contribution in [0.2, 0.25) is 0 Å². The number of halogens is 3. The van der Waals surface area contributed by atoms with E-state index in [2.05, 4.69) is 33.2 Å². The van der Waals surface area contributed by atoms with Gasteiger partial charge in [0.15, 0.2) is 11.7 Å². The second-order valence-corrected chi connectivity index (χ2v) is 6.65. The number of nitrogens with one attached hydrogen (secondary N) is 1. The van der Waals surface area contributed by atoms with E-state index in [1.165, 1.54) is 0 Å². The highest BCUT2D eigenvalue weighted by Crippen LogP contribution is 2.28. The fourth-order valence-corrected chi connectivity index (χ4v) is 3.22. The van der Waals surface area contributed by atoms with E-state index in [4.69, 9.17) is 4.42 Å². The van der Waals surface area contributed by atoms with Gasteiger partial charge < -0.3 is 14.6 Å². The zero-order valence-electron chi connectivity index (χ0n) is 13.9. The van der Waals surface area contributed by atoms with E-state index >= 15 is 0 Å². The lowest BCUT2D eigenvalue weighted by Crippen LogP contribution is -2.51. The third-order valence-corrected chi connectivity index (χ3v) is 4.66. The molecule has 0 bridgehead atoms. The van der Waals surface area contributed by atoms with Crippen LogP contribution in [0, 0.1) is 0 Å². The van der Waals surface area contributed by atoms with Gasteiger partial charge in [0.25, 0.3) is 0 Å². The monoisotopic (exact) mass is 449 g/mol. The Morgan fingerprint density at radius 3 is 2.88 bits per heavy atom. The van der Waals surface area contributed by atoms with Crippen molar-refractivity contribution in [3.63, 3.8) is 0 Å².